The van der Waals surface area contributed by atoms with Gasteiger partial charge in [0.15, 0.2) is 0 Å². The Morgan fingerprint density at radius 2 is 0.972 bits per heavy atom. The maximum atomic E-state index is 12.8. The number of carbonyl (C=O) groups is 4. The predicted molar refractivity (Wildman–Crippen MR) is 136 cm³/mol. The summed E-state index contributed by atoms with van der Waals surface area (Å²) in [5, 5.41) is 13.8. The Bertz CT molecular complexity index is 646. The number of hydrogen-bond donors (Lipinski definition) is 5. The summed E-state index contributed by atoms with van der Waals surface area (Å²) in [4.78, 5) is 50.3. The van der Waals surface area contributed by atoms with Crippen LogP contribution in [-0.2, 0) is 33.4 Å². The lowest BCUT2D eigenvalue weighted by Crippen LogP contribution is -2.57. The molecule has 0 saturated heterocycles. The van der Waals surface area contributed by atoms with Gasteiger partial charge in [0.05, 0.1) is 39.1 Å². The molecule has 12 heteroatoms. The van der Waals surface area contributed by atoms with Gasteiger partial charge < -0.3 is 40.8 Å². The SMILES string of the molecule is CC[C@H](NC)C(=O)N[C@@H](CC)C(=O)N[C@@H](CC)C(=O)N[C@@H](CC)C(=O)NCCOCCOCCOC. The van der Waals surface area contributed by atoms with Crippen molar-refractivity contribution in [1.82, 2.24) is 26.6 Å². The number of likely N-dealkylation sites (N-methyl/N-ethyl adjacent to an activating group) is 1. The minimum atomic E-state index is -0.835. The second kappa shape index (κ2) is 20.9. The van der Waals surface area contributed by atoms with E-state index in [2.05, 4.69) is 26.6 Å². The van der Waals surface area contributed by atoms with E-state index in [4.69, 9.17) is 14.2 Å². The van der Waals surface area contributed by atoms with Crippen molar-refractivity contribution in [2.24, 2.45) is 0 Å². The van der Waals surface area contributed by atoms with E-state index in [1.165, 1.54) is 0 Å². The lowest BCUT2D eigenvalue weighted by molar-refractivity contribution is -0.134. The molecular formula is C24H47N5O7. The third-order valence-corrected chi connectivity index (χ3v) is 5.55. The molecule has 36 heavy (non-hydrogen) atoms. The van der Waals surface area contributed by atoms with Gasteiger partial charge in [0.2, 0.25) is 23.6 Å². The van der Waals surface area contributed by atoms with E-state index in [-0.39, 0.29) is 11.8 Å². The number of nitrogens with one attached hydrogen (secondary N) is 5. The number of rotatable bonds is 21. The zero-order chi connectivity index (χ0) is 27.3. The first-order chi connectivity index (χ1) is 17.3. The molecule has 0 aromatic heterocycles. The van der Waals surface area contributed by atoms with Crippen LogP contribution in [0.15, 0.2) is 0 Å². The number of ether oxygens (including phenoxy) is 3. The largest absolute Gasteiger partial charge is 0.382 e. The van der Waals surface area contributed by atoms with Crippen LogP contribution in [0.5, 0.6) is 0 Å². The minimum absolute atomic E-state index is 0.273. The highest BCUT2D eigenvalue weighted by atomic mass is 16.5. The molecule has 0 aliphatic carbocycles. The van der Waals surface area contributed by atoms with E-state index in [0.29, 0.717) is 65.3 Å². The molecule has 0 aliphatic rings. The summed E-state index contributed by atoms with van der Waals surface area (Å²) in [7, 11) is 3.28. The highest BCUT2D eigenvalue weighted by molar-refractivity contribution is 5.94. The van der Waals surface area contributed by atoms with Gasteiger partial charge in [-0.15, -0.1) is 0 Å². The van der Waals surface area contributed by atoms with Gasteiger partial charge in [0.25, 0.3) is 0 Å². The molecule has 4 amide bonds. The summed E-state index contributed by atoms with van der Waals surface area (Å²) in [6.45, 7) is 9.65. The fourth-order valence-corrected chi connectivity index (χ4v) is 3.23. The Hall–Kier alpha value is -2.28. The molecule has 0 heterocycles. The van der Waals surface area contributed by atoms with Crippen LogP contribution in [0.3, 0.4) is 0 Å². The molecule has 0 bridgehead atoms. The second-order valence-electron chi connectivity index (χ2n) is 8.17. The highest BCUT2D eigenvalue weighted by Gasteiger charge is 2.28. The van der Waals surface area contributed by atoms with E-state index >= 15 is 0 Å². The quantitative estimate of drug-likeness (QED) is 0.127. The molecule has 0 rings (SSSR count). The summed E-state index contributed by atoms with van der Waals surface area (Å²) in [5.41, 5.74) is 0. The first-order valence-corrected chi connectivity index (χ1v) is 12.8. The molecule has 0 aliphatic heterocycles. The van der Waals surface area contributed by atoms with Crippen LogP contribution in [0.2, 0.25) is 0 Å². The van der Waals surface area contributed by atoms with Crippen molar-refractivity contribution in [3.05, 3.63) is 0 Å². The van der Waals surface area contributed by atoms with Gasteiger partial charge in [0.1, 0.15) is 18.1 Å². The molecule has 4 atom stereocenters. The Labute approximate surface area is 215 Å². The van der Waals surface area contributed by atoms with Gasteiger partial charge in [-0.3, -0.25) is 19.2 Å². The van der Waals surface area contributed by atoms with Crippen molar-refractivity contribution in [1.29, 1.82) is 0 Å². The fourth-order valence-electron chi connectivity index (χ4n) is 3.23. The topological polar surface area (TPSA) is 156 Å². The lowest BCUT2D eigenvalue weighted by Gasteiger charge is -2.25. The average Bonchev–Trinajstić information content (AvgIpc) is 2.88. The van der Waals surface area contributed by atoms with Crippen LogP contribution in [-0.4, -0.2) is 102 Å². The smallest absolute Gasteiger partial charge is 0.243 e. The van der Waals surface area contributed by atoms with Crippen molar-refractivity contribution < 1.29 is 33.4 Å². The lowest BCUT2D eigenvalue weighted by atomic mass is 10.1. The summed E-state index contributed by atoms with van der Waals surface area (Å²) >= 11 is 0. The molecule has 0 radical (unpaired) electrons. The van der Waals surface area contributed by atoms with E-state index in [0.717, 1.165) is 0 Å². The Balaban J connectivity index is 4.62. The number of methoxy groups -OCH3 is 1. The third-order valence-electron chi connectivity index (χ3n) is 5.55. The highest BCUT2D eigenvalue weighted by Crippen LogP contribution is 2.01. The minimum Gasteiger partial charge on any atom is -0.382 e. The molecule has 0 spiro atoms. The molecule has 0 fully saturated rings. The monoisotopic (exact) mass is 517 g/mol. The number of amides is 4. The first kappa shape index (κ1) is 33.7. The van der Waals surface area contributed by atoms with Crippen LogP contribution in [0, 0.1) is 0 Å². The molecule has 210 valence electrons. The maximum absolute atomic E-state index is 12.8. The maximum Gasteiger partial charge on any atom is 0.243 e. The van der Waals surface area contributed by atoms with Crippen molar-refractivity contribution in [3.63, 3.8) is 0 Å². The number of carbonyl (C=O) groups excluding carboxylic acids is 4. The summed E-state index contributed by atoms with van der Waals surface area (Å²) in [6.07, 6.45) is 1.66. The summed E-state index contributed by atoms with van der Waals surface area (Å²) < 4.78 is 15.6. The Kier molecular flexibility index (Phi) is 19.5. The molecule has 0 aromatic rings. The van der Waals surface area contributed by atoms with Crippen molar-refractivity contribution in [2.75, 3.05) is 53.7 Å². The van der Waals surface area contributed by atoms with E-state index in [1.807, 2.05) is 6.92 Å². The molecule has 12 nitrogen and oxygen atoms in total. The van der Waals surface area contributed by atoms with E-state index in [1.54, 1.807) is 34.9 Å². The van der Waals surface area contributed by atoms with E-state index < -0.39 is 36.0 Å². The van der Waals surface area contributed by atoms with Crippen LogP contribution in [0.1, 0.15) is 53.4 Å². The van der Waals surface area contributed by atoms with Gasteiger partial charge in [-0.05, 0) is 32.7 Å². The molecule has 0 unspecified atom stereocenters. The second-order valence-corrected chi connectivity index (χ2v) is 8.17. The van der Waals surface area contributed by atoms with Gasteiger partial charge >= 0.3 is 0 Å². The molecule has 5 N–H and O–H groups in total. The van der Waals surface area contributed by atoms with Crippen LogP contribution in [0.25, 0.3) is 0 Å². The van der Waals surface area contributed by atoms with Crippen molar-refractivity contribution in [3.8, 4) is 0 Å². The molecule has 0 aromatic carbocycles. The fraction of sp³-hybridized carbons (Fsp3) is 0.833. The Morgan fingerprint density at radius 1 is 0.583 bits per heavy atom. The van der Waals surface area contributed by atoms with Crippen molar-refractivity contribution >= 4 is 23.6 Å². The zero-order valence-electron chi connectivity index (χ0n) is 22.7. The van der Waals surface area contributed by atoms with Crippen LogP contribution in [0.4, 0.5) is 0 Å². The summed E-state index contributed by atoms with van der Waals surface area (Å²) in [6, 6.07) is -2.75. The Morgan fingerprint density at radius 3 is 1.39 bits per heavy atom. The van der Waals surface area contributed by atoms with Crippen LogP contribution >= 0.6 is 0 Å². The van der Waals surface area contributed by atoms with Crippen molar-refractivity contribution in [2.45, 2.75) is 77.5 Å². The third kappa shape index (κ3) is 13.7. The first-order valence-electron chi connectivity index (χ1n) is 12.8. The zero-order valence-corrected chi connectivity index (χ0v) is 22.7. The molecule has 0 saturated carbocycles. The standard InChI is InChI=1S/C24H47N5O7/c1-7-17(25-5)22(31)28-19(9-3)24(33)29-20(10-4)23(32)27-18(8-2)21(30)26-11-12-35-15-16-36-14-13-34-6/h17-20,25H,7-16H2,1-6H3,(H,26,30)(H,27,32)(H,28,31)(H,29,33)/t17-,18-,19-,20-/m0/s1. The molecular weight excluding hydrogens is 470 g/mol. The average molecular weight is 518 g/mol. The normalized spacial score (nSPS) is 14.3. The number of hydrogen-bond acceptors (Lipinski definition) is 8. The van der Waals surface area contributed by atoms with E-state index in [9.17, 15) is 19.2 Å². The van der Waals surface area contributed by atoms with Gasteiger partial charge in [-0.25, -0.2) is 0 Å². The summed E-state index contributed by atoms with van der Waals surface area (Å²) in [5.74, 6) is -1.51. The van der Waals surface area contributed by atoms with Gasteiger partial charge in [-0.2, -0.15) is 0 Å². The van der Waals surface area contributed by atoms with Gasteiger partial charge in [0, 0.05) is 13.7 Å². The predicted octanol–water partition coefficient (Wildman–Crippen LogP) is -0.535. The van der Waals surface area contributed by atoms with Crippen LogP contribution < -0.4 is 26.6 Å². The van der Waals surface area contributed by atoms with Gasteiger partial charge in [-0.1, -0.05) is 27.7 Å².